The van der Waals surface area contributed by atoms with Crippen molar-refractivity contribution in [1.82, 2.24) is 0 Å². The molecule has 0 bridgehead atoms. The molecule has 2 atom stereocenters. The summed E-state index contributed by atoms with van der Waals surface area (Å²) in [5, 5.41) is 0. The van der Waals surface area contributed by atoms with Crippen LogP contribution < -0.4 is 0 Å². The standard InChI is InChI=1S/C12H20N2O2/c1-5-11(9(3)15)13-7-8-14-12(6-2)10(4)16/h7-8,11-12H,5-6H2,1-4H3/t11-,12-/m1/s1. The minimum atomic E-state index is -0.288. The van der Waals surface area contributed by atoms with E-state index in [1.807, 2.05) is 13.8 Å². The molecule has 0 aliphatic carbocycles. The van der Waals surface area contributed by atoms with E-state index in [-0.39, 0.29) is 23.7 Å². The number of carbonyl (C=O) groups excluding carboxylic acids is 2. The lowest BCUT2D eigenvalue weighted by Gasteiger charge is -2.04. The van der Waals surface area contributed by atoms with Gasteiger partial charge in [0, 0.05) is 12.4 Å². The van der Waals surface area contributed by atoms with Crippen LogP contribution in [0.5, 0.6) is 0 Å². The largest absolute Gasteiger partial charge is 0.298 e. The number of nitrogens with zero attached hydrogens (tertiary/aromatic N) is 2. The summed E-state index contributed by atoms with van der Waals surface area (Å²) < 4.78 is 0. The summed E-state index contributed by atoms with van der Waals surface area (Å²) in [6.45, 7) is 6.86. The molecule has 0 N–H and O–H groups in total. The van der Waals surface area contributed by atoms with Gasteiger partial charge < -0.3 is 0 Å². The normalized spacial score (nSPS) is 15.5. The first-order chi connectivity index (χ1) is 7.52. The average Bonchev–Trinajstić information content (AvgIpc) is 2.22. The van der Waals surface area contributed by atoms with Gasteiger partial charge >= 0.3 is 0 Å². The first-order valence-electron chi connectivity index (χ1n) is 5.58. The van der Waals surface area contributed by atoms with Crippen molar-refractivity contribution >= 4 is 24.0 Å². The van der Waals surface area contributed by atoms with Gasteiger partial charge in [-0.1, -0.05) is 13.8 Å². The summed E-state index contributed by atoms with van der Waals surface area (Å²) in [6, 6.07) is -0.576. The zero-order valence-electron chi connectivity index (χ0n) is 10.4. The van der Waals surface area contributed by atoms with E-state index in [0.717, 1.165) is 0 Å². The Morgan fingerprint density at radius 3 is 1.44 bits per heavy atom. The molecule has 4 heteroatoms. The fourth-order valence-corrected chi connectivity index (χ4v) is 1.28. The van der Waals surface area contributed by atoms with Crippen LogP contribution in [0.2, 0.25) is 0 Å². The van der Waals surface area contributed by atoms with E-state index in [0.29, 0.717) is 12.8 Å². The van der Waals surface area contributed by atoms with Gasteiger partial charge in [0.25, 0.3) is 0 Å². The highest BCUT2D eigenvalue weighted by Gasteiger charge is 2.08. The van der Waals surface area contributed by atoms with Crippen molar-refractivity contribution in [2.75, 3.05) is 0 Å². The Morgan fingerprint density at radius 2 is 1.25 bits per heavy atom. The van der Waals surface area contributed by atoms with Crippen LogP contribution in [0.3, 0.4) is 0 Å². The number of ketones is 2. The lowest BCUT2D eigenvalue weighted by Crippen LogP contribution is -2.15. The molecule has 0 saturated heterocycles. The molecule has 0 rings (SSSR count). The van der Waals surface area contributed by atoms with Crippen molar-refractivity contribution < 1.29 is 9.59 Å². The lowest BCUT2D eigenvalue weighted by atomic mass is 10.1. The minimum Gasteiger partial charge on any atom is -0.298 e. The highest BCUT2D eigenvalue weighted by Crippen LogP contribution is 1.98. The summed E-state index contributed by atoms with van der Waals surface area (Å²) >= 11 is 0. The predicted molar refractivity (Wildman–Crippen MR) is 66.5 cm³/mol. The highest BCUT2D eigenvalue weighted by molar-refractivity contribution is 6.17. The van der Waals surface area contributed by atoms with Crippen molar-refractivity contribution in [2.45, 2.75) is 52.6 Å². The van der Waals surface area contributed by atoms with Crippen LogP contribution in [-0.4, -0.2) is 36.1 Å². The van der Waals surface area contributed by atoms with Crippen LogP contribution in [0.25, 0.3) is 0 Å². The third-order valence-corrected chi connectivity index (χ3v) is 2.31. The molecule has 0 unspecified atom stereocenters. The molecule has 0 radical (unpaired) electrons. The highest BCUT2D eigenvalue weighted by atomic mass is 16.1. The summed E-state index contributed by atoms with van der Waals surface area (Å²) in [5.74, 6) is 0.0940. The van der Waals surface area contributed by atoms with Gasteiger partial charge in [0.1, 0.15) is 12.1 Å². The Morgan fingerprint density at radius 1 is 0.938 bits per heavy atom. The SMILES string of the molecule is CC[C@@H](N=CC=N[C@H](CC)C(C)=O)C(C)=O. The second-order valence-corrected chi connectivity index (χ2v) is 3.67. The number of hydrogen-bond donors (Lipinski definition) is 0. The van der Waals surface area contributed by atoms with Crippen LogP contribution in [0.1, 0.15) is 40.5 Å². The van der Waals surface area contributed by atoms with E-state index in [1.165, 1.54) is 26.3 Å². The van der Waals surface area contributed by atoms with Crippen molar-refractivity contribution in [3.63, 3.8) is 0 Å². The van der Waals surface area contributed by atoms with Crippen LogP contribution in [0.15, 0.2) is 9.98 Å². The van der Waals surface area contributed by atoms with Crippen molar-refractivity contribution in [3.8, 4) is 0 Å². The fraction of sp³-hybridized carbons (Fsp3) is 0.667. The van der Waals surface area contributed by atoms with Gasteiger partial charge in [-0.3, -0.25) is 19.6 Å². The number of rotatable bonds is 7. The van der Waals surface area contributed by atoms with Gasteiger partial charge in [0.2, 0.25) is 0 Å². The van der Waals surface area contributed by atoms with Gasteiger partial charge in [0.05, 0.1) is 0 Å². The molecule has 16 heavy (non-hydrogen) atoms. The molecule has 0 fully saturated rings. The smallest absolute Gasteiger partial charge is 0.154 e. The first-order valence-corrected chi connectivity index (χ1v) is 5.58. The van der Waals surface area contributed by atoms with Gasteiger partial charge in [-0.15, -0.1) is 0 Å². The van der Waals surface area contributed by atoms with E-state index >= 15 is 0 Å². The molecule has 0 aromatic rings. The molecule has 0 spiro atoms. The Labute approximate surface area is 96.9 Å². The predicted octanol–water partition coefficient (Wildman–Crippen LogP) is 1.86. The van der Waals surface area contributed by atoms with Crippen LogP contribution in [0, 0.1) is 0 Å². The average molecular weight is 224 g/mol. The number of hydrogen-bond acceptors (Lipinski definition) is 4. The topological polar surface area (TPSA) is 58.9 Å². The van der Waals surface area contributed by atoms with E-state index in [2.05, 4.69) is 9.98 Å². The quantitative estimate of drug-likeness (QED) is 0.620. The molecular formula is C12H20N2O2. The van der Waals surface area contributed by atoms with E-state index in [4.69, 9.17) is 0 Å². The van der Waals surface area contributed by atoms with Gasteiger partial charge in [-0.2, -0.15) is 0 Å². The van der Waals surface area contributed by atoms with E-state index in [9.17, 15) is 9.59 Å². The molecule has 0 aliphatic heterocycles. The Kier molecular flexibility index (Phi) is 7.25. The van der Waals surface area contributed by atoms with Crippen LogP contribution >= 0.6 is 0 Å². The van der Waals surface area contributed by atoms with Crippen molar-refractivity contribution in [3.05, 3.63) is 0 Å². The zero-order valence-corrected chi connectivity index (χ0v) is 10.4. The minimum absolute atomic E-state index is 0.0470. The summed E-state index contributed by atoms with van der Waals surface area (Å²) in [7, 11) is 0. The second-order valence-electron chi connectivity index (χ2n) is 3.67. The molecule has 0 aromatic heterocycles. The zero-order chi connectivity index (χ0) is 12.6. The van der Waals surface area contributed by atoms with E-state index in [1.54, 1.807) is 0 Å². The molecule has 0 aliphatic rings. The van der Waals surface area contributed by atoms with Gasteiger partial charge in [-0.05, 0) is 26.7 Å². The fourth-order valence-electron chi connectivity index (χ4n) is 1.28. The van der Waals surface area contributed by atoms with Crippen molar-refractivity contribution in [2.24, 2.45) is 9.98 Å². The van der Waals surface area contributed by atoms with Crippen molar-refractivity contribution in [1.29, 1.82) is 0 Å². The summed E-state index contributed by atoms with van der Waals surface area (Å²) in [6.07, 6.45) is 4.37. The Balaban J connectivity index is 4.31. The second kappa shape index (κ2) is 7.91. The monoisotopic (exact) mass is 224 g/mol. The third-order valence-electron chi connectivity index (χ3n) is 2.31. The van der Waals surface area contributed by atoms with E-state index < -0.39 is 0 Å². The molecule has 0 aromatic carbocycles. The molecule has 0 saturated carbocycles. The maximum Gasteiger partial charge on any atom is 0.154 e. The third kappa shape index (κ3) is 5.53. The molecule has 0 heterocycles. The van der Waals surface area contributed by atoms with Crippen LogP contribution in [-0.2, 0) is 9.59 Å². The molecule has 90 valence electrons. The maximum absolute atomic E-state index is 11.1. The summed E-state index contributed by atoms with van der Waals surface area (Å²) in [4.78, 5) is 30.3. The van der Waals surface area contributed by atoms with Gasteiger partial charge in [-0.25, -0.2) is 0 Å². The molecule has 4 nitrogen and oxygen atoms in total. The van der Waals surface area contributed by atoms with Gasteiger partial charge in [0.15, 0.2) is 11.6 Å². The lowest BCUT2D eigenvalue weighted by molar-refractivity contribution is -0.119. The Hall–Kier alpha value is -1.32. The number of aliphatic imine (C=N–C) groups is 2. The Bertz CT molecular complexity index is 265. The molecular weight excluding hydrogens is 204 g/mol. The summed E-state index contributed by atoms with van der Waals surface area (Å²) in [5.41, 5.74) is 0. The first kappa shape index (κ1) is 14.7. The number of Topliss-reactive ketones (excluding diaryl/α,β-unsaturated/α-hetero) is 2. The maximum atomic E-state index is 11.1. The molecule has 0 amide bonds. The number of carbonyl (C=O) groups is 2. The van der Waals surface area contributed by atoms with Crippen LogP contribution in [0.4, 0.5) is 0 Å².